The lowest BCUT2D eigenvalue weighted by Crippen LogP contribution is -2.11. The van der Waals surface area contributed by atoms with Crippen LogP contribution in [0.2, 0.25) is 0 Å². The zero-order valence-corrected chi connectivity index (χ0v) is 12.9. The molecule has 104 valence electrons. The van der Waals surface area contributed by atoms with Crippen molar-refractivity contribution in [2.75, 3.05) is 5.75 Å². The summed E-state index contributed by atoms with van der Waals surface area (Å²) in [4.78, 5) is 13.3. The molecule has 4 heteroatoms. The molecule has 1 aliphatic rings. The molecule has 0 radical (unpaired) electrons. The molecule has 1 unspecified atom stereocenters. The monoisotopic (exact) mass is 304 g/mol. The average Bonchev–Trinajstić information content (AvgIpc) is 2.48. The Hall–Kier alpha value is -1.13. The molecular formula is C16H16O2S2. The van der Waals surface area contributed by atoms with E-state index in [1.165, 1.54) is 12.8 Å². The molecule has 1 atom stereocenters. The number of thioether (sulfide) groups is 2. The first-order valence-corrected chi connectivity index (χ1v) is 8.74. The van der Waals surface area contributed by atoms with Crippen LogP contribution in [0.3, 0.4) is 0 Å². The van der Waals surface area contributed by atoms with Gasteiger partial charge in [-0.1, -0.05) is 43.3 Å². The van der Waals surface area contributed by atoms with Crippen LogP contribution >= 0.6 is 23.5 Å². The highest BCUT2D eigenvalue weighted by atomic mass is 32.2. The molecular weight excluding hydrogens is 288 g/mol. The van der Waals surface area contributed by atoms with E-state index in [0.717, 1.165) is 10.6 Å². The Morgan fingerprint density at radius 3 is 3.05 bits per heavy atom. The van der Waals surface area contributed by atoms with E-state index in [4.69, 9.17) is 4.42 Å². The van der Waals surface area contributed by atoms with Gasteiger partial charge < -0.3 is 4.42 Å². The first kappa shape index (κ1) is 13.8. The number of fused-ring (bicyclic) bond motifs is 2. The predicted molar refractivity (Wildman–Crippen MR) is 88.5 cm³/mol. The largest absolute Gasteiger partial charge is 0.455 e. The van der Waals surface area contributed by atoms with E-state index in [0.29, 0.717) is 21.3 Å². The average molecular weight is 304 g/mol. The van der Waals surface area contributed by atoms with Crippen LogP contribution in [0.25, 0.3) is 17.0 Å². The van der Waals surface area contributed by atoms with Crippen molar-refractivity contribution < 1.29 is 4.42 Å². The summed E-state index contributed by atoms with van der Waals surface area (Å²) < 4.78 is 6.14. The number of hydrogen-bond acceptors (Lipinski definition) is 4. The molecule has 3 rings (SSSR count). The van der Waals surface area contributed by atoms with Crippen molar-refractivity contribution in [3.05, 3.63) is 46.3 Å². The second kappa shape index (κ2) is 6.10. The van der Waals surface area contributed by atoms with E-state index in [-0.39, 0.29) is 5.43 Å². The Labute approximate surface area is 126 Å². The van der Waals surface area contributed by atoms with Crippen LogP contribution in [0.5, 0.6) is 0 Å². The Morgan fingerprint density at radius 1 is 1.35 bits per heavy atom. The summed E-state index contributed by atoms with van der Waals surface area (Å²) in [5.41, 5.74) is 0.760. The SMILES string of the molecule is CCCCSC1C=Cc2oc3ccccc3c(=O)c2S1. The van der Waals surface area contributed by atoms with Gasteiger partial charge in [-0.2, -0.15) is 0 Å². The minimum absolute atomic E-state index is 0.0947. The molecule has 20 heavy (non-hydrogen) atoms. The van der Waals surface area contributed by atoms with E-state index >= 15 is 0 Å². The van der Waals surface area contributed by atoms with Crippen LogP contribution in [0, 0.1) is 0 Å². The number of para-hydroxylation sites is 1. The maximum Gasteiger partial charge on any atom is 0.206 e. The fourth-order valence-corrected chi connectivity index (χ4v) is 4.68. The molecule has 0 fully saturated rings. The number of hydrogen-bond donors (Lipinski definition) is 0. The first-order valence-electron chi connectivity index (χ1n) is 6.82. The Balaban J connectivity index is 1.93. The zero-order valence-electron chi connectivity index (χ0n) is 11.3. The molecule has 0 saturated carbocycles. The van der Waals surface area contributed by atoms with Crippen LogP contribution < -0.4 is 5.43 Å². The van der Waals surface area contributed by atoms with Gasteiger partial charge in [-0.05, 0) is 30.4 Å². The van der Waals surface area contributed by atoms with Crippen LogP contribution in [0.1, 0.15) is 25.5 Å². The molecule has 2 aromatic rings. The highest BCUT2D eigenvalue weighted by Gasteiger charge is 2.21. The first-order chi connectivity index (χ1) is 9.79. The minimum atomic E-state index is 0.0947. The second-order valence-corrected chi connectivity index (χ2v) is 7.39. The van der Waals surface area contributed by atoms with Crippen molar-refractivity contribution in [3.63, 3.8) is 0 Å². The maximum absolute atomic E-state index is 12.5. The molecule has 0 spiro atoms. The van der Waals surface area contributed by atoms with Gasteiger partial charge in [-0.3, -0.25) is 4.79 Å². The van der Waals surface area contributed by atoms with Crippen molar-refractivity contribution in [2.24, 2.45) is 0 Å². The number of unbranched alkanes of at least 4 members (excludes halogenated alkanes) is 1. The van der Waals surface area contributed by atoms with Crippen LogP contribution in [0.15, 0.2) is 44.4 Å². The molecule has 0 bridgehead atoms. The second-order valence-electron chi connectivity index (χ2n) is 4.69. The fraction of sp³-hybridized carbons (Fsp3) is 0.312. The van der Waals surface area contributed by atoms with Crippen LogP contribution in [0.4, 0.5) is 0 Å². The van der Waals surface area contributed by atoms with E-state index in [9.17, 15) is 4.79 Å². The topological polar surface area (TPSA) is 30.2 Å². The molecule has 2 heterocycles. The Bertz CT molecular complexity index is 703. The van der Waals surface area contributed by atoms with E-state index in [1.807, 2.05) is 42.1 Å². The molecule has 0 saturated heterocycles. The van der Waals surface area contributed by atoms with Crippen molar-refractivity contribution in [1.82, 2.24) is 0 Å². The number of benzene rings is 1. The van der Waals surface area contributed by atoms with Gasteiger partial charge in [0.25, 0.3) is 0 Å². The smallest absolute Gasteiger partial charge is 0.206 e. The fourth-order valence-electron chi connectivity index (χ4n) is 2.12. The molecule has 1 aromatic carbocycles. The van der Waals surface area contributed by atoms with E-state index in [2.05, 4.69) is 13.0 Å². The third-order valence-electron chi connectivity index (χ3n) is 3.20. The van der Waals surface area contributed by atoms with Gasteiger partial charge in [0.05, 0.1) is 14.9 Å². The summed E-state index contributed by atoms with van der Waals surface area (Å²) in [7, 11) is 0. The summed E-state index contributed by atoms with van der Waals surface area (Å²) in [6, 6.07) is 7.44. The maximum atomic E-state index is 12.5. The summed E-state index contributed by atoms with van der Waals surface area (Å²) >= 11 is 3.51. The summed E-state index contributed by atoms with van der Waals surface area (Å²) in [5, 5.41) is 0.673. The van der Waals surface area contributed by atoms with E-state index in [1.54, 1.807) is 11.8 Å². The van der Waals surface area contributed by atoms with Gasteiger partial charge in [0, 0.05) is 0 Å². The standard InChI is InChI=1S/C16H16O2S2/c1-2-3-10-19-14-9-8-13-16(20-14)15(17)11-6-4-5-7-12(11)18-13/h4-9,14H,2-3,10H2,1H3. The molecule has 0 aliphatic carbocycles. The van der Waals surface area contributed by atoms with Crippen LogP contribution in [-0.2, 0) is 0 Å². The Kier molecular flexibility index (Phi) is 4.22. The number of rotatable bonds is 4. The summed E-state index contributed by atoms with van der Waals surface area (Å²) in [6.45, 7) is 2.19. The third-order valence-corrected chi connectivity index (χ3v) is 5.92. The van der Waals surface area contributed by atoms with Gasteiger partial charge in [0.2, 0.25) is 5.43 Å². The van der Waals surface area contributed by atoms with Gasteiger partial charge in [-0.15, -0.1) is 11.8 Å². The lowest BCUT2D eigenvalue weighted by Gasteiger charge is -2.17. The quantitative estimate of drug-likeness (QED) is 0.761. The van der Waals surface area contributed by atoms with E-state index < -0.39 is 0 Å². The molecule has 1 aromatic heterocycles. The van der Waals surface area contributed by atoms with Crippen molar-refractivity contribution >= 4 is 40.6 Å². The van der Waals surface area contributed by atoms with Crippen molar-refractivity contribution in [1.29, 1.82) is 0 Å². The molecule has 0 amide bonds. The van der Waals surface area contributed by atoms with Crippen molar-refractivity contribution in [2.45, 2.75) is 29.2 Å². The minimum Gasteiger partial charge on any atom is -0.455 e. The molecule has 0 N–H and O–H groups in total. The third kappa shape index (κ3) is 2.67. The van der Waals surface area contributed by atoms with Crippen LogP contribution in [-0.4, -0.2) is 10.3 Å². The summed E-state index contributed by atoms with van der Waals surface area (Å²) in [6.07, 6.45) is 6.50. The molecule has 1 aliphatic heterocycles. The van der Waals surface area contributed by atoms with Gasteiger partial charge >= 0.3 is 0 Å². The Morgan fingerprint density at radius 2 is 2.20 bits per heavy atom. The lowest BCUT2D eigenvalue weighted by atomic mass is 10.2. The zero-order chi connectivity index (χ0) is 13.9. The highest BCUT2D eigenvalue weighted by Crippen LogP contribution is 2.38. The molecule has 2 nitrogen and oxygen atoms in total. The summed E-state index contributed by atoms with van der Waals surface area (Å²) in [5.74, 6) is 1.83. The predicted octanol–water partition coefficient (Wildman–Crippen LogP) is 4.77. The van der Waals surface area contributed by atoms with Gasteiger partial charge in [0.1, 0.15) is 11.3 Å². The van der Waals surface area contributed by atoms with Crippen molar-refractivity contribution in [3.8, 4) is 0 Å². The van der Waals surface area contributed by atoms with Gasteiger partial charge in [-0.25, -0.2) is 0 Å². The lowest BCUT2D eigenvalue weighted by molar-refractivity contribution is 0.574. The van der Waals surface area contributed by atoms with Gasteiger partial charge in [0.15, 0.2) is 0 Å². The highest BCUT2D eigenvalue weighted by molar-refractivity contribution is 8.17. The normalized spacial score (nSPS) is 17.4.